The highest BCUT2D eigenvalue weighted by atomic mass is 35.5. The Labute approximate surface area is 169 Å². The van der Waals surface area contributed by atoms with E-state index in [9.17, 15) is 10.1 Å². The minimum atomic E-state index is -0.360. The summed E-state index contributed by atoms with van der Waals surface area (Å²) in [4.78, 5) is 13.4. The average Bonchev–Trinajstić information content (AvgIpc) is 3.06. The van der Waals surface area contributed by atoms with Gasteiger partial charge in [0.05, 0.1) is 11.0 Å². The zero-order valence-corrected chi connectivity index (χ0v) is 16.5. The van der Waals surface area contributed by atoms with E-state index < -0.39 is 0 Å². The van der Waals surface area contributed by atoms with Crippen LogP contribution in [0.25, 0.3) is 0 Å². The second-order valence-electron chi connectivity index (χ2n) is 7.24. The summed E-state index contributed by atoms with van der Waals surface area (Å²) in [5, 5.41) is 11.9. The molecule has 2 aromatic carbocycles. The molecule has 4 rings (SSSR count). The highest BCUT2D eigenvalue weighted by Crippen LogP contribution is 2.38. The van der Waals surface area contributed by atoms with Crippen molar-refractivity contribution in [2.24, 2.45) is 0 Å². The number of hydrogen-bond acceptors (Lipinski definition) is 3. The Kier molecular flexibility index (Phi) is 5.20. The molecule has 28 heavy (non-hydrogen) atoms. The van der Waals surface area contributed by atoms with Gasteiger partial charge in [0, 0.05) is 54.2 Å². The predicted molar refractivity (Wildman–Crippen MR) is 111 cm³/mol. The lowest BCUT2D eigenvalue weighted by molar-refractivity contribution is -0.384. The minimum absolute atomic E-state index is 0.0672. The Hall–Kier alpha value is -2.63. The van der Waals surface area contributed by atoms with E-state index in [4.69, 9.17) is 11.6 Å². The summed E-state index contributed by atoms with van der Waals surface area (Å²) >= 11 is 6.56. The van der Waals surface area contributed by atoms with Crippen molar-refractivity contribution in [1.29, 1.82) is 0 Å². The molecule has 5 nitrogen and oxygen atoms in total. The van der Waals surface area contributed by atoms with Crippen molar-refractivity contribution in [2.45, 2.75) is 32.5 Å². The van der Waals surface area contributed by atoms with E-state index in [-0.39, 0.29) is 16.7 Å². The van der Waals surface area contributed by atoms with Gasteiger partial charge < -0.3 is 4.57 Å². The minimum Gasteiger partial charge on any atom is -0.350 e. The Morgan fingerprint density at radius 1 is 1.14 bits per heavy atom. The van der Waals surface area contributed by atoms with Gasteiger partial charge in [-0.3, -0.25) is 15.0 Å². The average molecular weight is 396 g/mol. The number of rotatable bonds is 4. The molecule has 3 aromatic rings. The molecule has 0 amide bonds. The molecule has 0 radical (unpaired) electrons. The largest absolute Gasteiger partial charge is 0.350 e. The van der Waals surface area contributed by atoms with Crippen molar-refractivity contribution < 1.29 is 4.92 Å². The van der Waals surface area contributed by atoms with Gasteiger partial charge in [-0.1, -0.05) is 35.9 Å². The number of hydrogen-bond donors (Lipinski definition) is 0. The fraction of sp³-hybridized carbons (Fsp3) is 0.273. The van der Waals surface area contributed by atoms with Crippen LogP contribution in [0.4, 0.5) is 5.69 Å². The van der Waals surface area contributed by atoms with Gasteiger partial charge in [0.25, 0.3) is 5.69 Å². The molecule has 6 heteroatoms. The number of benzene rings is 2. The Morgan fingerprint density at radius 3 is 2.75 bits per heavy atom. The molecule has 0 saturated carbocycles. The van der Waals surface area contributed by atoms with Gasteiger partial charge in [-0.2, -0.15) is 0 Å². The number of halogens is 1. The van der Waals surface area contributed by atoms with Crippen LogP contribution in [0.2, 0.25) is 5.02 Å². The molecular weight excluding hydrogens is 374 g/mol. The first kappa shape index (κ1) is 18.7. The van der Waals surface area contributed by atoms with Gasteiger partial charge in [0.1, 0.15) is 0 Å². The standard InChI is InChI=1S/C22H22ClN3O2/c1-16-6-2-3-7-17(16)15-25-13-5-12-24-11-4-8-21(24)22(25)19-14-18(26(27)28)9-10-20(19)23/h2-4,6-11,14,22H,5,12-13,15H2,1H3/t22-/m1/s1. The summed E-state index contributed by atoms with van der Waals surface area (Å²) in [5.41, 5.74) is 4.47. The van der Waals surface area contributed by atoms with E-state index >= 15 is 0 Å². The Morgan fingerprint density at radius 2 is 1.96 bits per heavy atom. The highest BCUT2D eigenvalue weighted by Gasteiger charge is 2.30. The molecule has 0 N–H and O–H groups in total. The van der Waals surface area contributed by atoms with Gasteiger partial charge in [-0.25, -0.2) is 0 Å². The molecule has 0 aliphatic carbocycles. The molecule has 0 unspecified atom stereocenters. The predicted octanol–water partition coefficient (Wildman–Crippen LogP) is 5.35. The monoisotopic (exact) mass is 395 g/mol. The van der Waals surface area contributed by atoms with Crippen LogP contribution in [-0.4, -0.2) is 20.9 Å². The summed E-state index contributed by atoms with van der Waals surface area (Å²) in [5.74, 6) is 0. The van der Waals surface area contributed by atoms with Crippen molar-refractivity contribution in [3.63, 3.8) is 0 Å². The summed E-state index contributed by atoms with van der Waals surface area (Å²) in [6.45, 7) is 4.70. The fourth-order valence-corrected chi connectivity index (χ4v) is 4.25. The lowest BCUT2D eigenvalue weighted by Crippen LogP contribution is -2.30. The van der Waals surface area contributed by atoms with E-state index in [0.717, 1.165) is 37.3 Å². The molecule has 0 saturated heterocycles. The van der Waals surface area contributed by atoms with E-state index in [1.165, 1.54) is 17.2 Å². The van der Waals surface area contributed by atoms with Crippen molar-refractivity contribution in [2.75, 3.05) is 6.54 Å². The number of nitro groups is 1. The maximum absolute atomic E-state index is 11.4. The molecule has 1 atom stereocenters. The zero-order valence-electron chi connectivity index (χ0n) is 15.7. The Bertz CT molecular complexity index is 1010. The van der Waals surface area contributed by atoms with Crippen molar-refractivity contribution in [1.82, 2.24) is 9.47 Å². The van der Waals surface area contributed by atoms with Crippen molar-refractivity contribution in [3.8, 4) is 0 Å². The normalized spacial score (nSPS) is 17.1. The molecule has 0 fully saturated rings. The third-order valence-electron chi connectivity index (χ3n) is 5.47. The van der Waals surface area contributed by atoms with Gasteiger partial charge in [-0.15, -0.1) is 0 Å². The SMILES string of the molecule is Cc1ccccc1CN1CCCn2cccc2[C@H]1c1cc([N+](=O)[O-])ccc1Cl. The third-order valence-corrected chi connectivity index (χ3v) is 5.82. The second kappa shape index (κ2) is 7.78. The Balaban J connectivity index is 1.83. The third kappa shape index (κ3) is 3.55. The van der Waals surface area contributed by atoms with Crippen LogP contribution < -0.4 is 0 Å². The van der Waals surface area contributed by atoms with Crippen LogP contribution in [0, 0.1) is 17.0 Å². The summed E-state index contributed by atoms with van der Waals surface area (Å²) < 4.78 is 2.23. The molecule has 1 aromatic heterocycles. The second-order valence-corrected chi connectivity index (χ2v) is 7.65. The quantitative estimate of drug-likeness (QED) is 0.441. The lowest BCUT2D eigenvalue weighted by atomic mass is 9.99. The summed E-state index contributed by atoms with van der Waals surface area (Å²) in [6.07, 6.45) is 3.08. The topological polar surface area (TPSA) is 51.3 Å². The van der Waals surface area contributed by atoms with E-state index in [2.05, 4.69) is 46.9 Å². The highest BCUT2D eigenvalue weighted by molar-refractivity contribution is 6.31. The molecular formula is C22H22ClN3O2. The van der Waals surface area contributed by atoms with Crippen LogP contribution in [-0.2, 0) is 13.1 Å². The van der Waals surface area contributed by atoms with Crippen LogP contribution >= 0.6 is 11.6 Å². The van der Waals surface area contributed by atoms with Crippen LogP contribution in [0.15, 0.2) is 60.8 Å². The maximum Gasteiger partial charge on any atom is 0.269 e. The van der Waals surface area contributed by atoms with Gasteiger partial charge >= 0.3 is 0 Å². The molecule has 2 heterocycles. The molecule has 1 aliphatic heterocycles. The fourth-order valence-electron chi connectivity index (χ4n) is 4.03. The number of fused-ring (bicyclic) bond motifs is 1. The molecule has 1 aliphatic rings. The summed E-state index contributed by atoms with van der Waals surface area (Å²) in [7, 11) is 0. The van der Waals surface area contributed by atoms with Gasteiger partial charge in [0.2, 0.25) is 0 Å². The maximum atomic E-state index is 11.4. The summed E-state index contributed by atoms with van der Waals surface area (Å²) in [6, 6.07) is 17.1. The zero-order chi connectivity index (χ0) is 19.7. The number of non-ortho nitro benzene ring substituents is 1. The molecule has 0 spiro atoms. The molecule has 0 bridgehead atoms. The first-order chi connectivity index (χ1) is 13.5. The number of aryl methyl sites for hydroxylation is 2. The van der Waals surface area contributed by atoms with Crippen molar-refractivity contribution >= 4 is 17.3 Å². The van der Waals surface area contributed by atoms with E-state index in [1.54, 1.807) is 12.1 Å². The number of nitro benzene ring substituents is 1. The van der Waals surface area contributed by atoms with Crippen LogP contribution in [0.3, 0.4) is 0 Å². The van der Waals surface area contributed by atoms with Crippen LogP contribution in [0.5, 0.6) is 0 Å². The lowest BCUT2D eigenvalue weighted by Gasteiger charge is -2.31. The first-order valence-corrected chi connectivity index (χ1v) is 9.80. The van der Waals surface area contributed by atoms with E-state index in [0.29, 0.717) is 5.02 Å². The van der Waals surface area contributed by atoms with Crippen LogP contribution in [0.1, 0.15) is 34.8 Å². The van der Waals surface area contributed by atoms with Gasteiger partial charge in [-0.05, 0) is 42.7 Å². The smallest absolute Gasteiger partial charge is 0.269 e. The number of nitrogens with zero attached hydrogens (tertiary/aromatic N) is 3. The van der Waals surface area contributed by atoms with E-state index in [1.807, 2.05) is 12.1 Å². The van der Waals surface area contributed by atoms with Crippen molar-refractivity contribution in [3.05, 3.63) is 98.3 Å². The first-order valence-electron chi connectivity index (χ1n) is 9.42. The molecule has 144 valence electrons. The van der Waals surface area contributed by atoms with Gasteiger partial charge in [0.15, 0.2) is 0 Å². The number of aromatic nitrogens is 1.